The van der Waals surface area contributed by atoms with E-state index < -0.39 is 5.69 Å². The minimum Gasteiger partial charge on any atom is -0.492 e. The minimum absolute atomic E-state index is 0.0255. The van der Waals surface area contributed by atoms with Crippen molar-refractivity contribution in [3.63, 3.8) is 0 Å². The zero-order valence-electron chi connectivity index (χ0n) is 25.7. The van der Waals surface area contributed by atoms with Crippen molar-refractivity contribution in [2.24, 2.45) is 14.1 Å². The average Bonchev–Trinajstić information content (AvgIpc) is 3.74. The van der Waals surface area contributed by atoms with E-state index in [4.69, 9.17) is 4.74 Å². The molecular formula is C33H38N8O4. The maximum Gasteiger partial charge on any atom is 0.343 e. The van der Waals surface area contributed by atoms with Crippen LogP contribution in [0.4, 0.5) is 0 Å². The highest BCUT2D eigenvalue weighted by atomic mass is 16.5. The first kappa shape index (κ1) is 29.9. The Hall–Kier alpha value is -5.13. The topological polar surface area (TPSA) is 123 Å². The highest BCUT2D eigenvalue weighted by Crippen LogP contribution is 2.24. The Morgan fingerprint density at radius 1 is 0.933 bits per heavy atom. The van der Waals surface area contributed by atoms with Gasteiger partial charge in [-0.2, -0.15) is 0 Å². The lowest BCUT2D eigenvalue weighted by Crippen LogP contribution is -2.37. The number of hydrogen-bond donors (Lipinski definition) is 1. The van der Waals surface area contributed by atoms with Gasteiger partial charge in [0.25, 0.3) is 5.91 Å². The van der Waals surface area contributed by atoms with Crippen LogP contribution in [0.1, 0.15) is 35.4 Å². The number of aromatic nitrogens is 6. The summed E-state index contributed by atoms with van der Waals surface area (Å²) in [5, 5.41) is 5.17. The smallest absolute Gasteiger partial charge is 0.343 e. The second-order valence-corrected chi connectivity index (χ2v) is 11.4. The molecule has 0 saturated carbocycles. The number of imidazole rings is 1. The molecule has 1 aliphatic rings. The Balaban J connectivity index is 1.24. The first-order valence-corrected chi connectivity index (χ1v) is 15.3. The van der Waals surface area contributed by atoms with Gasteiger partial charge in [0.2, 0.25) is 11.7 Å². The van der Waals surface area contributed by atoms with Crippen molar-refractivity contribution in [3.05, 3.63) is 89.0 Å². The van der Waals surface area contributed by atoms with Crippen LogP contribution in [0.15, 0.2) is 71.9 Å². The normalized spacial score (nSPS) is 15.0. The number of carbonyl (C=O) groups is 2. The number of aryl methyl sites for hydroxylation is 3. The van der Waals surface area contributed by atoms with Crippen LogP contribution >= 0.6 is 0 Å². The van der Waals surface area contributed by atoms with Crippen molar-refractivity contribution in [3.8, 4) is 17.1 Å². The fourth-order valence-electron chi connectivity index (χ4n) is 5.95. The number of rotatable bonds is 3. The highest BCUT2D eigenvalue weighted by molar-refractivity contribution is 5.90. The van der Waals surface area contributed by atoms with Gasteiger partial charge in [-0.15, -0.1) is 5.10 Å². The molecule has 2 aromatic carbocycles. The van der Waals surface area contributed by atoms with Crippen LogP contribution in [0.25, 0.3) is 22.3 Å². The first-order valence-electron chi connectivity index (χ1n) is 15.3. The molecule has 45 heavy (non-hydrogen) atoms. The van der Waals surface area contributed by atoms with Gasteiger partial charge < -0.3 is 23.7 Å². The molecule has 0 atom stereocenters. The monoisotopic (exact) mass is 610 g/mol. The summed E-state index contributed by atoms with van der Waals surface area (Å²) in [5.41, 5.74) is 2.57. The molecule has 2 amide bonds. The summed E-state index contributed by atoms with van der Waals surface area (Å²) in [6.07, 6.45) is 8.07. The molecule has 2 bridgehead atoms. The zero-order valence-corrected chi connectivity index (χ0v) is 25.7. The molecule has 6 rings (SSSR count). The molecule has 0 fully saturated rings. The van der Waals surface area contributed by atoms with E-state index in [2.05, 4.69) is 36.3 Å². The highest BCUT2D eigenvalue weighted by Gasteiger charge is 2.22. The van der Waals surface area contributed by atoms with Gasteiger partial charge in [-0.25, -0.2) is 14.5 Å². The molecule has 0 spiro atoms. The largest absolute Gasteiger partial charge is 0.492 e. The number of fused-ring (bicyclic) bond motifs is 5. The maximum atomic E-state index is 13.7. The van der Waals surface area contributed by atoms with Gasteiger partial charge in [0, 0.05) is 75.3 Å². The van der Waals surface area contributed by atoms with E-state index in [1.807, 2.05) is 60.7 Å². The lowest BCUT2D eigenvalue weighted by Gasteiger charge is -2.25. The van der Waals surface area contributed by atoms with E-state index in [0.29, 0.717) is 64.3 Å². The van der Waals surface area contributed by atoms with E-state index in [0.717, 1.165) is 32.5 Å². The van der Waals surface area contributed by atoms with Gasteiger partial charge in [0.1, 0.15) is 18.2 Å². The number of H-pyrrole nitrogens is 1. The van der Waals surface area contributed by atoms with Crippen LogP contribution in [-0.2, 0) is 31.9 Å². The Morgan fingerprint density at radius 2 is 1.73 bits per heavy atom. The van der Waals surface area contributed by atoms with Crippen LogP contribution in [0.2, 0.25) is 0 Å². The Morgan fingerprint density at radius 3 is 2.56 bits per heavy atom. The van der Waals surface area contributed by atoms with Gasteiger partial charge in [-0.05, 0) is 43.0 Å². The van der Waals surface area contributed by atoms with Crippen LogP contribution in [0.5, 0.6) is 5.75 Å². The van der Waals surface area contributed by atoms with E-state index >= 15 is 0 Å². The summed E-state index contributed by atoms with van der Waals surface area (Å²) >= 11 is 0. The molecule has 0 aliphatic carbocycles. The first-order chi connectivity index (χ1) is 21.9. The Labute approximate surface area is 260 Å². The van der Waals surface area contributed by atoms with E-state index in [1.165, 1.54) is 7.05 Å². The van der Waals surface area contributed by atoms with E-state index in [9.17, 15) is 14.4 Å². The molecule has 0 unspecified atom stereocenters. The number of benzene rings is 2. The summed E-state index contributed by atoms with van der Waals surface area (Å²) in [5.74, 6) is 1.26. The van der Waals surface area contributed by atoms with Gasteiger partial charge in [-0.1, -0.05) is 30.3 Å². The average molecular weight is 611 g/mol. The van der Waals surface area contributed by atoms with Crippen molar-refractivity contribution in [2.75, 3.05) is 32.8 Å². The number of nitrogens with zero attached hydrogens (tertiary/aromatic N) is 7. The third kappa shape index (κ3) is 6.69. The molecule has 5 aromatic rings. The fraction of sp³-hybridized carbons (Fsp3) is 0.364. The second-order valence-electron chi connectivity index (χ2n) is 11.4. The summed E-state index contributed by atoms with van der Waals surface area (Å²) in [6, 6.07) is 15.9. The summed E-state index contributed by atoms with van der Waals surface area (Å²) in [4.78, 5) is 49.9. The van der Waals surface area contributed by atoms with Crippen molar-refractivity contribution in [1.29, 1.82) is 0 Å². The van der Waals surface area contributed by atoms with Gasteiger partial charge in [0.15, 0.2) is 0 Å². The predicted octanol–water partition coefficient (Wildman–Crippen LogP) is 3.24. The lowest BCUT2D eigenvalue weighted by atomic mass is 10.1. The Bertz CT molecular complexity index is 1870. The fourth-order valence-corrected chi connectivity index (χ4v) is 5.95. The second kappa shape index (κ2) is 13.2. The van der Waals surface area contributed by atoms with Crippen LogP contribution < -0.4 is 10.4 Å². The Kier molecular flexibility index (Phi) is 8.81. The molecule has 0 saturated heterocycles. The van der Waals surface area contributed by atoms with Crippen molar-refractivity contribution < 1.29 is 14.3 Å². The number of amides is 2. The molecule has 3 aromatic heterocycles. The van der Waals surface area contributed by atoms with Gasteiger partial charge in [-0.3, -0.25) is 14.6 Å². The molecule has 0 radical (unpaired) electrons. The van der Waals surface area contributed by atoms with Crippen molar-refractivity contribution >= 4 is 22.7 Å². The number of hydrogen-bond acceptors (Lipinski definition) is 6. The van der Waals surface area contributed by atoms with Crippen LogP contribution in [0, 0.1) is 0 Å². The molecule has 12 heteroatoms. The van der Waals surface area contributed by atoms with Gasteiger partial charge in [0.05, 0.1) is 13.0 Å². The van der Waals surface area contributed by atoms with Crippen molar-refractivity contribution in [1.82, 2.24) is 38.7 Å². The maximum absolute atomic E-state index is 13.7. The summed E-state index contributed by atoms with van der Waals surface area (Å²) < 4.78 is 11.4. The van der Waals surface area contributed by atoms with Gasteiger partial charge >= 0.3 is 5.69 Å². The lowest BCUT2D eigenvalue weighted by molar-refractivity contribution is -0.131. The van der Waals surface area contributed by atoms with Crippen LogP contribution in [0.3, 0.4) is 0 Å². The van der Waals surface area contributed by atoms with Crippen LogP contribution in [-0.4, -0.2) is 83.3 Å². The molecule has 234 valence electrons. The quantitative estimate of drug-likeness (QED) is 0.335. The molecular weight excluding hydrogens is 572 g/mol. The standard InChI is InChI=1S/C33H38N8O4/c1-37-23-25(27-11-3-4-12-28(27)37)22-29(42)39-14-5-6-15-41(32(43)30-35-33(44)38(2)36-30)17-8-16-40-18-13-34-31(40)24-9-7-10-26(21-24)45-20-19-39/h3-4,7,9-13,18,21,23H,5-6,8,14-17,19-20,22H2,1-2H3,(H,35,36,44). The third-order valence-corrected chi connectivity index (χ3v) is 8.30. The van der Waals surface area contributed by atoms with Crippen molar-refractivity contribution in [2.45, 2.75) is 32.2 Å². The number of para-hydroxylation sites is 1. The molecule has 4 heterocycles. The number of nitrogens with one attached hydrogen (secondary N) is 1. The summed E-state index contributed by atoms with van der Waals surface area (Å²) in [6.45, 7) is 2.90. The third-order valence-electron chi connectivity index (χ3n) is 8.30. The predicted molar refractivity (Wildman–Crippen MR) is 170 cm³/mol. The zero-order chi connectivity index (χ0) is 31.3. The minimum atomic E-state index is -0.434. The molecule has 1 N–H and O–H groups in total. The summed E-state index contributed by atoms with van der Waals surface area (Å²) in [7, 11) is 3.50. The van der Waals surface area contributed by atoms with E-state index in [-0.39, 0.29) is 24.1 Å². The SMILES string of the molecule is Cn1nc(C(=O)N2CCCCN(C(=O)Cc3cn(C)c4ccccc34)CCOc3cccc(c3)-c3nccn3CCC2)[nH]c1=O. The molecule has 1 aliphatic heterocycles. The van der Waals surface area contributed by atoms with E-state index in [1.54, 1.807) is 11.1 Å². The number of carbonyl (C=O) groups excluding carboxylic acids is 2. The number of ether oxygens (including phenoxy) is 1. The number of aromatic amines is 1. The molecule has 12 nitrogen and oxygen atoms in total.